The number of rotatable bonds is 9. The van der Waals surface area contributed by atoms with Crippen molar-refractivity contribution in [2.24, 2.45) is 0 Å². The molecule has 0 aliphatic carbocycles. The number of hydrogen-bond acceptors (Lipinski definition) is 19. The van der Waals surface area contributed by atoms with E-state index < -0.39 is 30.9 Å². The molecule has 21 nitrogen and oxygen atoms in total. The van der Waals surface area contributed by atoms with Gasteiger partial charge in [0.25, 0.3) is 0 Å². The molecule has 0 saturated carbocycles. The number of fused-ring (bicyclic) bond motifs is 3. The van der Waals surface area contributed by atoms with E-state index in [1.807, 2.05) is 0 Å². The fourth-order valence-electron chi connectivity index (χ4n) is 5.05. The Morgan fingerprint density at radius 1 is 1.04 bits per heavy atom. The van der Waals surface area contributed by atoms with Crippen LogP contribution in [0.15, 0.2) is 47.4 Å². The van der Waals surface area contributed by atoms with Crippen LogP contribution in [-0.2, 0) is 17.9 Å². The second-order valence-corrected chi connectivity index (χ2v) is 10.8. The standard InChI is InChI=1S/C29H31N9O12/c1-14-33-25(36-50-14)22-10-31-27(39)37-13-32-24-19(38(28(40,41)42)11-15-4-5-17(46-2)7-20(15)47-3)8-23(35-26(24)37)34-18-6-16(12-48-22)30-9-21(18)49-29(43,44)45/h4-9,13,22,40-45H,10-12H2,1-3H3,(H,31,39)(H,34,35). The fourth-order valence-corrected chi connectivity index (χ4v) is 5.05. The molecule has 4 aromatic heterocycles. The molecule has 0 spiro atoms. The van der Waals surface area contributed by atoms with Gasteiger partial charge >= 0.3 is 18.3 Å². The minimum Gasteiger partial charge on any atom is -0.497 e. The number of aryl methyl sites for hydroxylation is 1. The van der Waals surface area contributed by atoms with E-state index in [4.69, 9.17) is 23.5 Å². The molecule has 0 fully saturated rings. The zero-order chi connectivity index (χ0) is 35.8. The van der Waals surface area contributed by atoms with Crippen LogP contribution in [0.4, 0.5) is 22.0 Å². The van der Waals surface area contributed by atoms with E-state index in [-0.39, 0.29) is 70.4 Å². The quantitative estimate of drug-likeness (QED) is 0.0915. The Kier molecular flexibility index (Phi) is 9.11. The molecule has 5 aromatic rings. The van der Waals surface area contributed by atoms with E-state index in [9.17, 15) is 35.4 Å². The molecule has 21 heteroatoms. The molecule has 1 amide bonds. The molecule has 1 unspecified atom stereocenters. The second kappa shape index (κ2) is 13.3. The van der Waals surface area contributed by atoms with Gasteiger partial charge in [0.1, 0.15) is 35.3 Å². The highest BCUT2D eigenvalue weighted by atomic mass is 16.9. The predicted octanol–water partition coefficient (Wildman–Crippen LogP) is -0.330. The summed E-state index contributed by atoms with van der Waals surface area (Å²) in [5, 5.41) is 70.2. The molecule has 264 valence electrons. The average molecular weight is 698 g/mol. The van der Waals surface area contributed by atoms with Crippen LogP contribution in [0, 0.1) is 6.92 Å². The van der Waals surface area contributed by atoms with Crippen LogP contribution in [0.1, 0.15) is 29.1 Å². The molecule has 1 aliphatic heterocycles. The van der Waals surface area contributed by atoms with Crippen molar-refractivity contribution in [3.05, 3.63) is 65.8 Å². The molecule has 8 N–H and O–H groups in total. The van der Waals surface area contributed by atoms with Gasteiger partial charge in [-0.2, -0.15) is 4.98 Å². The number of pyridine rings is 2. The number of imidazole rings is 1. The van der Waals surface area contributed by atoms with Gasteiger partial charge in [0.2, 0.25) is 11.7 Å². The van der Waals surface area contributed by atoms with Gasteiger partial charge in [-0.05, 0) is 18.2 Å². The zero-order valence-electron chi connectivity index (χ0n) is 26.5. The number of nitrogens with one attached hydrogen (secondary N) is 2. The lowest BCUT2D eigenvalue weighted by atomic mass is 10.1. The van der Waals surface area contributed by atoms with E-state index in [0.717, 1.165) is 22.0 Å². The minimum atomic E-state index is -3.61. The van der Waals surface area contributed by atoms with Crippen molar-refractivity contribution >= 4 is 34.4 Å². The lowest BCUT2D eigenvalue weighted by Crippen LogP contribution is -2.48. The highest BCUT2D eigenvalue weighted by molar-refractivity contribution is 5.95. The van der Waals surface area contributed by atoms with Crippen molar-refractivity contribution < 1.29 is 58.9 Å². The smallest absolute Gasteiger partial charge is 0.453 e. The summed E-state index contributed by atoms with van der Waals surface area (Å²) in [6.45, 7) is 0.813. The molecule has 0 radical (unpaired) electrons. The molecule has 4 bridgehead atoms. The van der Waals surface area contributed by atoms with Gasteiger partial charge in [-0.15, -0.1) is 0 Å². The van der Waals surface area contributed by atoms with Crippen molar-refractivity contribution in [3.63, 3.8) is 0 Å². The Balaban J connectivity index is 1.52. The van der Waals surface area contributed by atoms with Gasteiger partial charge in [-0.1, -0.05) is 5.16 Å². The Morgan fingerprint density at radius 3 is 2.52 bits per heavy atom. The maximum absolute atomic E-state index is 13.6. The lowest BCUT2D eigenvalue weighted by molar-refractivity contribution is -0.419. The average Bonchev–Trinajstić information content (AvgIpc) is 3.69. The van der Waals surface area contributed by atoms with Gasteiger partial charge in [0, 0.05) is 24.6 Å². The van der Waals surface area contributed by atoms with Crippen LogP contribution in [0.2, 0.25) is 0 Å². The highest BCUT2D eigenvalue weighted by Crippen LogP contribution is 2.37. The molecule has 5 heterocycles. The largest absolute Gasteiger partial charge is 0.497 e. The molecular formula is C29H31N9O12. The number of ether oxygens (including phenoxy) is 4. The van der Waals surface area contributed by atoms with Crippen molar-refractivity contribution in [1.82, 2.24) is 35.0 Å². The number of carbonyl (C=O) groups is 1. The SMILES string of the molecule is COc1ccc(CN(c2cc3nc4c2ncn4C(=O)NCC(c2noc(C)n2)OCc2cc(c(OC(O)(O)O)cn2)N3)C(O)(O)O)c(OC)c1. The summed E-state index contributed by atoms with van der Waals surface area (Å²) in [7, 11) is 2.86. The molecule has 50 heavy (non-hydrogen) atoms. The van der Waals surface area contributed by atoms with E-state index >= 15 is 0 Å². The van der Waals surface area contributed by atoms with Crippen LogP contribution in [0.25, 0.3) is 11.2 Å². The minimum absolute atomic E-state index is 0.0518. The van der Waals surface area contributed by atoms with Crippen molar-refractivity contribution in [3.8, 4) is 17.2 Å². The molecule has 0 saturated heterocycles. The first-order valence-electron chi connectivity index (χ1n) is 14.6. The number of aliphatic hydroxyl groups is 6. The Labute approximate surface area is 280 Å². The van der Waals surface area contributed by atoms with Crippen molar-refractivity contribution in [1.29, 1.82) is 0 Å². The molecule has 1 atom stereocenters. The topological polar surface area (TPSA) is 285 Å². The van der Waals surface area contributed by atoms with E-state index in [2.05, 4.69) is 35.7 Å². The summed E-state index contributed by atoms with van der Waals surface area (Å²) >= 11 is 0. The van der Waals surface area contributed by atoms with Gasteiger partial charge in [-0.3, -0.25) is 9.88 Å². The summed E-state index contributed by atoms with van der Waals surface area (Å²) < 4.78 is 27.6. The van der Waals surface area contributed by atoms with E-state index in [0.29, 0.717) is 11.3 Å². The number of hydrogen-bond donors (Lipinski definition) is 8. The first-order valence-corrected chi connectivity index (χ1v) is 14.6. The monoisotopic (exact) mass is 697 g/mol. The Morgan fingerprint density at radius 2 is 1.84 bits per heavy atom. The number of carbonyl (C=O) groups excluding carboxylic acids is 1. The first-order chi connectivity index (χ1) is 23.7. The number of amides is 1. The van der Waals surface area contributed by atoms with Crippen molar-refractivity contribution in [2.45, 2.75) is 38.4 Å². The van der Waals surface area contributed by atoms with Crippen LogP contribution in [0.5, 0.6) is 17.2 Å². The van der Waals surface area contributed by atoms with E-state index in [1.165, 1.54) is 26.4 Å². The fraction of sp³-hybridized carbons (Fsp3) is 0.310. The number of methoxy groups -OCH3 is 2. The third kappa shape index (κ3) is 7.32. The van der Waals surface area contributed by atoms with Crippen LogP contribution < -0.4 is 29.7 Å². The summed E-state index contributed by atoms with van der Waals surface area (Å²) in [6.07, 6.45) is -5.89. The second-order valence-electron chi connectivity index (χ2n) is 10.8. The number of nitrogens with zero attached hydrogens (tertiary/aromatic N) is 7. The molecule has 1 aliphatic rings. The van der Waals surface area contributed by atoms with Crippen molar-refractivity contribution in [2.75, 3.05) is 31.0 Å². The maximum atomic E-state index is 13.6. The van der Waals surface area contributed by atoms with Gasteiger partial charge in [0.15, 0.2) is 11.4 Å². The number of aromatic nitrogens is 6. The number of benzene rings is 1. The third-order valence-corrected chi connectivity index (χ3v) is 7.32. The molecule has 6 rings (SSSR count). The van der Waals surface area contributed by atoms with Gasteiger partial charge in [-0.25, -0.2) is 19.3 Å². The van der Waals surface area contributed by atoms with Crippen LogP contribution in [-0.4, -0.2) is 99.4 Å². The molecular weight excluding hydrogens is 666 g/mol. The summed E-state index contributed by atoms with van der Waals surface area (Å²) in [5.41, 5.74) is 0.205. The summed E-state index contributed by atoms with van der Waals surface area (Å²) in [6, 6.07) is 6.62. The van der Waals surface area contributed by atoms with Crippen LogP contribution >= 0.6 is 0 Å². The van der Waals surface area contributed by atoms with Gasteiger partial charge in [0.05, 0.1) is 57.2 Å². The zero-order valence-corrected chi connectivity index (χ0v) is 26.5. The highest BCUT2D eigenvalue weighted by Gasteiger charge is 2.34. The molecule has 1 aromatic carbocycles. The maximum Gasteiger partial charge on any atom is 0.453 e. The van der Waals surface area contributed by atoms with Gasteiger partial charge < -0.3 is 64.7 Å². The first kappa shape index (κ1) is 34.2. The third-order valence-electron chi connectivity index (χ3n) is 7.32. The summed E-state index contributed by atoms with van der Waals surface area (Å²) in [5.74, 6) is 0.598. The Bertz CT molecular complexity index is 2020. The summed E-state index contributed by atoms with van der Waals surface area (Å²) in [4.78, 5) is 31.5. The van der Waals surface area contributed by atoms with Crippen LogP contribution in [0.3, 0.4) is 0 Å². The predicted molar refractivity (Wildman–Crippen MR) is 166 cm³/mol. The van der Waals surface area contributed by atoms with E-state index in [1.54, 1.807) is 25.1 Å². The Hall–Kier alpha value is -5.68. The lowest BCUT2D eigenvalue weighted by Gasteiger charge is -2.33. The number of anilines is 3. The normalized spacial score (nSPS) is 15.3.